The standard InChI is InChI=1S/C38H39N7O3/c1-44-32-18-17-29(38(48)43-45-22-20-30(21-23-45)41-37(47)28-10-6-3-7-11-28)24-31(32)42-33(44)19-14-25-12-15-26(16-13-25)34(36(39)40)35(46)27-8-4-2-5-9-27/h2-13,15-18,24,30,34H,14,19-23H2,1H3,(H3,39,40)(H,41,47)(H,43,48). The van der Waals surface area contributed by atoms with Crippen LogP contribution in [0.15, 0.2) is 103 Å². The van der Waals surface area contributed by atoms with E-state index < -0.39 is 5.92 Å². The molecule has 1 saturated heterocycles. The van der Waals surface area contributed by atoms with Gasteiger partial charge in [0.2, 0.25) is 0 Å². The highest BCUT2D eigenvalue weighted by Crippen LogP contribution is 2.23. The number of aromatic nitrogens is 2. The summed E-state index contributed by atoms with van der Waals surface area (Å²) in [7, 11) is 1.97. The summed E-state index contributed by atoms with van der Waals surface area (Å²) in [6.07, 6.45) is 2.89. The molecule has 1 atom stereocenters. The molecule has 1 aliphatic rings. The zero-order chi connectivity index (χ0) is 33.6. The summed E-state index contributed by atoms with van der Waals surface area (Å²) in [5.41, 5.74) is 14.0. The number of carbonyl (C=O) groups is 3. The highest BCUT2D eigenvalue weighted by atomic mass is 16.2. The molecule has 0 bridgehead atoms. The predicted octanol–water partition coefficient (Wildman–Crippen LogP) is 4.80. The number of hydrogen-bond donors (Lipinski definition) is 4. The van der Waals surface area contributed by atoms with Gasteiger partial charge in [0, 0.05) is 49.3 Å². The van der Waals surface area contributed by atoms with Crippen LogP contribution in [0.3, 0.4) is 0 Å². The molecule has 48 heavy (non-hydrogen) atoms. The van der Waals surface area contributed by atoms with Gasteiger partial charge in [0.25, 0.3) is 11.8 Å². The average Bonchev–Trinajstić information content (AvgIpc) is 3.43. The number of Topliss-reactive ketones (excluding diaryl/α,β-unsaturated/α-hetero) is 1. The predicted molar refractivity (Wildman–Crippen MR) is 186 cm³/mol. The molecule has 5 aromatic rings. The number of piperidine rings is 1. The molecule has 1 unspecified atom stereocenters. The van der Waals surface area contributed by atoms with Crippen molar-refractivity contribution in [3.63, 3.8) is 0 Å². The fourth-order valence-corrected chi connectivity index (χ4v) is 6.19. The van der Waals surface area contributed by atoms with Crippen molar-refractivity contribution in [2.75, 3.05) is 13.1 Å². The summed E-state index contributed by atoms with van der Waals surface area (Å²) in [5, 5.41) is 13.1. The van der Waals surface area contributed by atoms with Gasteiger partial charge < -0.3 is 15.6 Å². The number of nitrogens with two attached hydrogens (primary N) is 1. The molecule has 0 aliphatic carbocycles. The van der Waals surface area contributed by atoms with E-state index in [0.717, 1.165) is 41.7 Å². The van der Waals surface area contributed by atoms with Gasteiger partial charge in [0.05, 0.1) is 11.0 Å². The van der Waals surface area contributed by atoms with Crippen LogP contribution in [0.25, 0.3) is 11.0 Å². The summed E-state index contributed by atoms with van der Waals surface area (Å²) in [4.78, 5) is 43.6. The van der Waals surface area contributed by atoms with Gasteiger partial charge in [0.1, 0.15) is 17.6 Å². The summed E-state index contributed by atoms with van der Waals surface area (Å²) in [6.45, 7) is 1.28. The highest BCUT2D eigenvalue weighted by molar-refractivity contribution is 6.14. The fraction of sp³-hybridized carbons (Fsp3) is 0.237. The van der Waals surface area contributed by atoms with Gasteiger partial charge >= 0.3 is 0 Å². The first-order valence-corrected chi connectivity index (χ1v) is 16.2. The molecule has 0 spiro atoms. The third-order valence-electron chi connectivity index (χ3n) is 8.94. The molecule has 6 rings (SSSR count). The van der Waals surface area contributed by atoms with E-state index in [9.17, 15) is 14.4 Å². The second-order valence-corrected chi connectivity index (χ2v) is 12.2. The number of nitrogens with zero attached hydrogens (tertiary/aromatic N) is 3. The topological polar surface area (TPSA) is 146 Å². The largest absolute Gasteiger partial charge is 0.387 e. The molecule has 0 radical (unpaired) electrons. The van der Waals surface area contributed by atoms with Gasteiger partial charge in [-0.15, -0.1) is 0 Å². The first-order valence-electron chi connectivity index (χ1n) is 16.2. The SMILES string of the molecule is Cn1c(CCc2ccc(C(C(=N)N)C(=O)c3ccccc3)cc2)nc2cc(C(=O)NN3CCC(NC(=O)c4ccccc4)CC3)ccc21. The molecule has 1 fully saturated rings. The van der Waals surface area contributed by atoms with Crippen LogP contribution < -0.4 is 16.5 Å². The van der Waals surface area contributed by atoms with Gasteiger partial charge in [-0.2, -0.15) is 0 Å². The van der Waals surface area contributed by atoms with E-state index in [1.807, 2.05) is 83.4 Å². The molecule has 2 heterocycles. The maximum atomic E-state index is 13.1. The van der Waals surface area contributed by atoms with Crippen molar-refractivity contribution in [1.29, 1.82) is 5.41 Å². The number of amides is 2. The zero-order valence-electron chi connectivity index (χ0n) is 26.9. The third kappa shape index (κ3) is 7.34. The van der Waals surface area contributed by atoms with Gasteiger partial charge in [-0.3, -0.25) is 25.2 Å². The van der Waals surface area contributed by atoms with Crippen LogP contribution in [0.1, 0.15) is 66.8 Å². The summed E-state index contributed by atoms with van der Waals surface area (Å²) in [6, 6.07) is 31.4. The second kappa shape index (κ2) is 14.4. The van der Waals surface area contributed by atoms with E-state index in [1.165, 1.54) is 0 Å². The Balaban J connectivity index is 1.04. The maximum absolute atomic E-state index is 13.1. The average molecular weight is 642 g/mol. The van der Waals surface area contributed by atoms with E-state index in [-0.39, 0.29) is 29.5 Å². The number of fused-ring (bicyclic) bond motifs is 1. The van der Waals surface area contributed by atoms with Crippen LogP contribution in [-0.4, -0.2) is 57.1 Å². The first kappa shape index (κ1) is 32.3. The zero-order valence-corrected chi connectivity index (χ0v) is 26.9. The Bertz CT molecular complexity index is 1930. The monoisotopic (exact) mass is 641 g/mol. The molecule has 244 valence electrons. The number of benzene rings is 4. The fourth-order valence-electron chi connectivity index (χ4n) is 6.19. The lowest BCUT2D eigenvalue weighted by molar-refractivity contribution is 0.0702. The van der Waals surface area contributed by atoms with Crippen LogP contribution in [-0.2, 0) is 19.9 Å². The Kier molecular flexibility index (Phi) is 9.73. The number of ketones is 1. The minimum atomic E-state index is -0.827. The van der Waals surface area contributed by atoms with Gasteiger partial charge in [-0.05, 0) is 60.7 Å². The van der Waals surface area contributed by atoms with Crippen molar-refractivity contribution in [2.45, 2.75) is 37.6 Å². The Hall–Kier alpha value is -5.61. The normalized spacial score (nSPS) is 14.4. The smallest absolute Gasteiger partial charge is 0.265 e. The lowest BCUT2D eigenvalue weighted by Gasteiger charge is -2.32. The van der Waals surface area contributed by atoms with E-state index in [4.69, 9.17) is 16.1 Å². The lowest BCUT2D eigenvalue weighted by atomic mass is 9.89. The van der Waals surface area contributed by atoms with Crippen molar-refractivity contribution in [3.05, 3.63) is 137 Å². The minimum Gasteiger partial charge on any atom is -0.387 e. The van der Waals surface area contributed by atoms with Gasteiger partial charge in [-0.1, -0.05) is 72.8 Å². The molecule has 5 N–H and O–H groups in total. The Labute approximate surface area is 279 Å². The maximum Gasteiger partial charge on any atom is 0.265 e. The van der Waals surface area contributed by atoms with Crippen molar-refractivity contribution in [1.82, 2.24) is 25.3 Å². The number of aryl methyl sites for hydroxylation is 3. The molecule has 4 aromatic carbocycles. The molecular formula is C38H39N7O3. The molecule has 1 aliphatic heterocycles. The van der Waals surface area contributed by atoms with Crippen LogP contribution in [0.4, 0.5) is 0 Å². The Morgan fingerprint density at radius 3 is 2.12 bits per heavy atom. The Morgan fingerprint density at radius 1 is 0.833 bits per heavy atom. The van der Waals surface area contributed by atoms with Gasteiger partial charge in [0.15, 0.2) is 5.78 Å². The number of carbonyl (C=O) groups excluding carboxylic acids is 3. The number of imidazole rings is 1. The molecule has 10 heteroatoms. The number of rotatable bonds is 11. The second-order valence-electron chi connectivity index (χ2n) is 12.2. The first-order chi connectivity index (χ1) is 23.3. The number of hydrogen-bond acceptors (Lipinski definition) is 6. The molecule has 2 amide bonds. The third-order valence-corrected chi connectivity index (χ3v) is 8.94. The minimum absolute atomic E-state index is 0.0633. The summed E-state index contributed by atoms with van der Waals surface area (Å²) >= 11 is 0. The summed E-state index contributed by atoms with van der Waals surface area (Å²) < 4.78 is 2.05. The van der Waals surface area contributed by atoms with Crippen molar-refractivity contribution < 1.29 is 14.4 Å². The Morgan fingerprint density at radius 2 is 1.48 bits per heavy atom. The van der Waals surface area contributed by atoms with E-state index in [1.54, 1.807) is 36.4 Å². The van der Waals surface area contributed by atoms with Crippen LogP contribution in [0.5, 0.6) is 0 Å². The number of amidine groups is 1. The summed E-state index contributed by atoms with van der Waals surface area (Å²) in [5.74, 6) is -0.574. The quantitative estimate of drug-likeness (QED) is 0.0926. The van der Waals surface area contributed by atoms with Crippen LogP contribution in [0.2, 0.25) is 0 Å². The van der Waals surface area contributed by atoms with Crippen LogP contribution >= 0.6 is 0 Å². The molecule has 1 aromatic heterocycles. The van der Waals surface area contributed by atoms with E-state index >= 15 is 0 Å². The van der Waals surface area contributed by atoms with Crippen molar-refractivity contribution >= 4 is 34.5 Å². The van der Waals surface area contributed by atoms with Crippen LogP contribution in [0, 0.1) is 5.41 Å². The van der Waals surface area contributed by atoms with Gasteiger partial charge in [-0.25, -0.2) is 9.99 Å². The molecular weight excluding hydrogens is 602 g/mol. The molecule has 0 saturated carbocycles. The number of nitrogens with one attached hydrogen (secondary N) is 3. The van der Waals surface area contributed by atoms with Crippen molar-refractivity contribution in [2.24, 2.45) is 12.8 Å². The van der Waals surface area contributed by atoms with Crippen molar-refractivity contribution in [3.8, 4) is 0 Å². The van der Waals surface area contributed by atoms with E-state index in [2.05, 4.69) is 10.7 Å². The molecule has 10 nitrogen and oxygen atoms in total. The van der Waals surface area contributed by atoms with E-state index in [0.29, 0.717) is 41.8 Å². The highest BCUT2D eigenvalue weighted by Gasteiger charge is 2.25. The number of hydrazine groups is 1. The lowest BCUT2D eigenvalue weighted by Crippen LogP contribution is -2.51.